The van der Waals surface area contributed by atoms with Gasteiger partial charge >= 0.3 is 0 Å². The van der Waals surface area contributed by atoms with Gasteiger partial charge in [0, 0.05) is 37.9 Å². The molecule has 1 N–H and O–H groups in total. The van der Waals surface area contributed by atoms with Gasteiger partial charge in [-0.25, -0.2) is 0 Å². The van der Waals surface area contributed by atoms with Crippen molar-refractivity contribution in [1.82, 2.24) is 5.32 Å². The Balaban J connectivity index is 1.83. The molecule has 4 nitrogen and oxygen atoms in total. The normalized spacial score (nSPS) is 31.2. The molecule has 2 saturated heterocycles. The van der Waals surface area contributed by atoms with Gasteiger partial charge in [-0.1, -0.05) is 6.07 Å². The summed E-state index contributed by atoms with van der Waals surface area (Å²) >= 11 is 0. The summed E-state index contributed by atoms with van der Waals surface area (Å²) in [7, 11) is 1.71. The Morgan fingerprint density at radius 1 is 1.50 bits per heavy atom. The summed E-state index contributed by atoms with van der Waals surface area (Å²) in [4.78, 5) is 2.40. The largest absolute Gasteiger partial charge is 0.497 e. The first-order chi connectivity index (χ1) is 8.68. The molecule has 1 aromatic carbocycles. The van der Waals surface area contributed by atoms with E-state index < -0.39 is 0 Å². The van der Waals surface area contributed by atoms with E-state index in [-0.39, 0.29) is 11.7 Å². The van der Waals surface area contributed by atoms with Gasteiger partial charge in [-0.15, -0.1) is 0 Å². The maximum atomic E-state index is 6.08. The first kappa shape index (κ1) is 11.8. The predicted molar refractivity (Wildman–Crippen MR) is 71.4 cm³/mol. The van der Waals surface area contributed by atoms with E-state index in [0.29, 0.717) is 0 Å². The monoisotopic (exact) mass is 248 g/mol. The molecular weight excluding hydrogens is 228 g/mol. The summed E-state index contributed by atoms with van der Waals surface area (Å²) in [6.45, 7) is 5.90. The van der Waals surface area contributed by atoms with Gasteiger partial charge < -0.3 is 19.7 Å². The summed E-state index contributed by atoms with van der Waals surface area (Å²) in [6.07, 6.45) is 0.281. The van der Waals surface area contributed by atoms with Gasteiger partial charge in [-0.05, 0) is 19.1 Å². The molecule has 1 aromatic rings. The second kappa shape index (κ2) is 4.44. The van der Waals surface area contributed by atoms with Crippen LogP contribution in [0.25, 0.3) is 0 Å². The van der Waals surface area contributed by atoms with Crippen molar-refractivity contribution in [3.05, 3.63) is 24.3 Å². The third kappa shape index (κ3) is 2.18. The van der Waals surface area contributed by atoms with Crippen LogP contribution in [-0.4, -0.2) is 45.0 Å². The van der Waals surface area contributed by atoms with Crippen molar-refractivity contribution in [2.24, 2.45) is 0 Å². The number of morpholine rings is 2. The molecule has 0 radical (unpaired) electrons. The van der Waals surface area contributed by atoms with E-state index in [2.05, 4.69) is 29.3 Å². The van der Waals surface area contributed by atoms with Crippen LogP contribution < -0.4 is 15.0 Å². The van der Waals surface area contributed by atoms with Crippen LogP contribution in [-0.2, 0) is 4.74 Å². The molecule has 2 heterocycles. The zero-order valence-corrected chi connectivity index (χ0v) is 11.0. The first-order valence-electron chi connectivity index (χ1n) is 6.46. The van der Waals surface area contributed by atoms with Crippen LogP contribution in [0.2, 0.25) is 0 Å². The van der Waals surface area contributed by atoms with Crippen LogP contribution in [0.3, 0.4) is 0 Å². The highest BCUT2D eigenvalue weighted by molar-refractivity contribution is 5.51. The number of methoxy groups -OCH3 is 1. The van der Waals surface area contributed by atoms with E-state index in [4.69, 9.17) is 9.47 Å². The van der Waals surface area contributed by atoms with Gasteiger partial charge in [-0.3, -0.25) is 0 Å². The number of ether oxygens (including phenoxy) is 2. The van der Waals surface area contributed by atoms with E-state index in [1.807, 2.05) is 12.1 Å². The van der Waals surface area contributed by atoms with Crippen molar-refractivity contribution in [3.63, 3.8) is 0 Å². The third-order valence-corrected chi connectivity index (χ3v) is 3.69. The Labute approximate surface area is 108 Å². The molecule has 2 unspecified atom stereocenters. The molecule has 2 aliphatic rings. The number of hydrogen-bond acceptors (Lipinski definition) is 4. The lowest BCUT2D eigenvalue weighted by Crippen LogP contribution is -2.64. The number of hydrogen-bond donors (Lipinski definition) is 1. The average Bonchev–Trinajstić information content (AvgIpc) is 2.37. The van der Waals surface area contributed by atoms with E-state index in [1.165, 1.54) is 5.69 Å². The molecule has 3 rings (SSSR count). The van der Waals surface area contributed by atoms with Crippen molar-refractivity contribution >= 4 is 5.69 Å². The number of rotatable bonds is 2. The number of nitrogens with zero attached hydrogens (tertiary/aromatic N) is 1. The highest BCUT2D eigenvalue weighted by atomic mass is 16.5. The second-order valence-corrected chi connectivity index (χ2v) is 5.40. The van der Waals surface area contributed by atoms with Crippen molar-refractivity contribution < 1.29 is 9.47 Å². The molecule has 0 aromatic heterocycles. The summed E-state index contributed by atoms with van der Waals surface area (Å²) in [5.74, 6) is 0.910. The fraction of sp³-hybridized carbons (Fsp3) is 0.571. The van der Waals surface area contributed by atoms with Crippen LogP contribution in [0.4, 0.5) is 5.69 Å². The maximum Gasteiger partial charge on any atom is 0.120 e. The van der Waals surface area contributed by atoms with Gasteiger partial charge in [0.05, 0.1) is 18.8 Å². The molecule has 98 valence electrons. The smallest absolute Gasteiger partial charge is 0.120 e. The fourth-order valence-electron chi connectivity index (χ4n) is 2.90. The lowest BCUT2D eigenvalue weighted by Gasteiger charge is -2.49. The zero-order chi connectivity index (χ0) is 12.6. The second-order valence-electron chi connectivity index (χ2n) is 5.40. The SMILES string of the molecule is COc1cccc(N2CC3CNCC(C)(C2)O3)c1. The van der Waals surface area contributed by atoms with Crippen molar-refractivity contribution in [1.29, 1.82) is 0 Å². The van der Waals surface area contributed by atoms with Gasteiger partial charge in [0.2, 0.25) is 0 Å². The number of fused-ring (bicyclic) bond motifs is 2. The van der Waals surface area contributed by atoms with Crippen LogP contribution in [0.1, 0.15) is 6.92 Å². The summed E-state index contributed by atoms with van der Waals surface area (Å²) in [6, 6.07) is 8.26. The van der Waals surface area contributed by atoms with E-state index in [1.54, 1.807) is 7.11 Å². The summed E-state index contributed by atoms with van der Waals surface area (Å²) in [5, 5.41) is 3.45. The zero-order valence-electron chi connectivity index (χ0n) is 11.0. The van der Waals surface area contributed by atoms with Crippen LogP contribution in [0.5, 0.6) is 5.75 Å². The molecule has 2 bridgehead atoms. The Morgan fingerprint density at radius 2 is 2.39 bits per heavy atom. The highest BCUT2D eigenvalue weighted by Gasteiger charge is 2.40. The molecule has 4 heteroatoms. The molecule has 2 fully saturated rings. The lowest BCUT2D eigenvalue weighted by molar-refractivity contribution is -0.115. The molecule has 0 spiro atoms. The average molecular weight is 248 g/mol. The minimum absolute atomic E-state index is 0.0791. The topological polar surface area (TPSA) is 33.7 Å². The van der Waals surface area contributed by atoms with Gasteiger partial charge in [-0.2, -0.15) is 0 Å². The number of anilines is 1. The quantitative estimate of drug-likeness (QED) is 0.854. The third-order valence-electron chi connectivity index (χ3n) is 3.69. The molecule has 18 heavy (non-hydrogen) atoms. The van der Waals surface area contributed by atoms with E-state index >= 15 is 0 Å². The minimum atomic E-state index is -0.0791. The number of nitrogens with one attached hydrogen (secondary N) is 1. The van der Waals surface area contributed by atoms with E-state index in [9.17, 15) is 0 Å². The van der Waals surface area contributed by atoms with Gasteiger partial charge in [0.15, 0.2) is 0 Å². The van der Waals surface area contributed by atoms with Crippen LogP contribution in [0, 0.1) is 0 Å². The Bertz CT molecular complexity index is 438. The maximum absolute atomic E-state index is 6.08. The molecule has 0 saturated carbocycles. The van der Waals surface area contributed by atoms with Gasteiger partial charge in [0.1, 0.15) is 5.75 Å². The van der Waals surface area contributed by atoms with Crippen molar-refractivity contribution in [3.8, 4) is 5.75 Å². The predicted octanol–water partition coefficient (Wildman–Crippen LogP) is 1.26. The Kier molecular flexibility index (Phi) is 2.92. The van der Waals surface area contributed by atoms with Crippen molar-refractivity contribution in [2.75, 3.05) is 38.2 Å². The fourth-order valence-corrected chi connectivity index (χ4v) is 2.90. The molecule has 2 aliphatic heterocycles. The Morgan fingerprint density at radius 3 is 3.17 bits per heavy atom. The van der Waals surface area contributed by atoms with Crippen LogP contribution in [0.15, 0.2) is 24.3 Å². The molecular formula is C14H20N2O2. The van der Waals surface area contributed by atoms with E-state index in [0.717, 1.165) is 31.9 Å². The highest BCUT2D eigenvalue weighted by Crippen LogP contribution is 2.29. The minimum Gasteiger partial charge on any atom is -0.497 e. The summed E-state index contributed by atoms with van der Waals surface area (Å²) in [5.41, 5.74) is 1.14. The Hall–Kier alpha value is -1.26. The molecule has 0 amide bonds. The van der Waals surface area contributed by atoms with Gasteiger partial charge in [0.25, 0.3) is 0 Å². The molecule has 0 aliphatic carbocycles. The van der Waals surface area contributed by atoms with Crippen LogP contribution >= 0.6 is 0 Å². The number of benzene rings is 1. The lowest BCUT2D eigenvalue weighted by atomic mass is 9.98. The molecule has 2 atom stereocenters. The standard InChI is InChI=1S/C14H20N2O2/c1-14-9-15-7-13(18-14)8-16(10-14)11-4-3-5-12(6-11)17-2/h3-6,13,15H,7-10H2,1-2H3. The van der Waals surface area contributed by atoms with Crippen molar-refractivity contribution in [2.45, 2.75) is 18.6 Å². The first-order valence-corrected chi connectivity index (χ1v) is 6.46. The summed E-state index contributed by atoms with van der Waals surface area (Å²) < 4.78 is 11.4.